The molecule has 0 spiro atoms. The summed E-state index contributed by atoms with van der Waals surface area (Å²) >= 11 is 0. The van der Waals surface area contributed by atoms with Gasteiger partial charge < -0.3 is 9.47 Å². The molecule has 0 aromatic heterocycles. The monoisotopic (exact) mass is 1120 g/mol. The molecule has 0 bridgehead atoms. The van der Waals surface area contributed by atoms with Gasteiger partial charge in [-0.3, -0.25) is 0 Å². The van der Waals surface area contributed by atoms with Gasteiger partial charge in [0.25, 0.3) is 0 Å². The van der Waals surface area contributed by atoms with Crippen LogP contribution in [0.2, 0.25) is 0 Å². The molecular formula is C86H58O2. The molecule has 0 saturated heterocycles. The lowest BCUT2D eigenvalue weighted by Crippen LogP contribution is -2.28. The van der Waals surface area contributed by atoms with Crippen molar-refractivity contribution in [1.82, 2.24) is 0 Å². The van der Waals surface area contributed by atoms with Crippen molar-refractivity contribution in [1.29, 1.82) is 0 Å². The van der Waals surface area contributed by atoms with Gasteiger partial charge in [0, 0.05) is 0 Å². The third-order valence-corrected chi connectivity index (χ3v) is 17.9. The standard InChI is InChI=1S/C86H58O2/c1-6-22-58(23-7-1)63-32-18-39-70(46-63)79-42-21-43-81-85(79)80-55-83-84(88-57-87-83)56-82(80)86(81,77-40-19-37-68(53-77)64-33-16-35-66(44-64)75-49-71(59-24-8-2-9-25-59)47-72(50-75)60-26-10-3-11-27-60)78-41-20-38-69(54-78)65-34-17-36-67(45-65)76-51-73(61-28-12-4-13-29-61)48-74(52-76)62-30-14-5-15-31-62/h1-56H,57H2. The van der Waals surface area contributed by atoms with Crippen molar-refractivity contribution in [3.63, 3.8) is 0 Å². The number of rotatable bonds is 12. The first-order chi connectivity index (χ1) is 43.6. The van der Waals surface area contributed by atoms with Crippen LogP contribution in [0.1, 0.15) is 22.3 Å². The number of fused-ring (bicyclic) bond motifs is 4. The molecule has 1 aliphatic carbocycles. The normalized spacial score (nSPS) is 12.5. The Bertz CT molecular complexity index is 4590. The first kappa shape index (κ1) is 52.3. The first-order valence-electron chi connectivity index (χ1n) is 30.3. The van der Waals surface area contributed by atoms with Crippen LogP contribution in [0.5, 0.6) is 11.5 Å². The molecule has 0 N–H and O–H groups in total. The van der Waals surface area contributed by atoms with Gasteiger partial charge in [0.15, 0.2) is 11.5 Å². The van der Waals surface area contributed by atoms with E-state index in [-0.39, 0.29) is 6.79 Å². The Morgan fingerprint density at radius 2 is 0.477 bits per heavy atom. The Morgan fingerprint density at radius 1 is 0.193 bits per heavy atom. The van der Waals surface area contributed by atoms with E-state index < -0.39 is 5.41 Å². The summed E-state index contributed by atoms with van der Waals surface area (Å²) in [5, 5.41) is 0. The minimum absolute atomic E-state index is 0.165. The summed E-state index contributed by atoms with van der Waals surface area (Å²) in [6, 6.07) is 125. The van der Waals surface area contributed by atoms with Crippen LogP contribution in [0.3, 0.4) is 0 Å². The Kier molecular flexibility index (Phi) is 13.2. The van der Waals surface area contributed by atoms with Crippen molar-refractivity contribution in [2.75, 3.05) is 6.79 Å². The van der Waals surface area contributed by atoms with Crippen molar-refractivity contribution < 1.29 is 9.47 Å². The topological polar surface area (TPSA) is 18.5 Å². The second kappa shape index (κ2) is 22.3. The van der Waals surface area contributed by atoms with Gasteiger partial charge in [-0.2, -0.15) is 0 Å². The number of benzene rings is 14. The van der Waals surface area contributed by atoms with Gasteiger partial charge in [-0.25, -0.2) is 0 Å². The summed E-state index contributed by atoms with van der Waals surface area (Å²) in [6.45, 7) is 0.165. The van der Waals surface area contributed by atoms with E-state index in [4.69, 9.17) is 9.47 Å². The van der Waals surface area contributed by atoms with Crippen molar-refractivity contribution >= 4 is 0 Å². The minimum Gasteiger partial charge on any atom is -0.454 e. The number of hydrogen-bond acceptors (Lipinski definition) is 2. The van der Waals surface area contributed by atoms with Crippen LogP contribution in [-0.2, 0) is 5.41 Å². The molecule has 0 fully saturated rings. The van der Waals surface area contributed by atoms with E-state index in [0.29, 0.717) is 0 Å². The summed E-state index contributed by atoms with van der Waals surface area (Å²) < 4.78 is 12.7. The predicted octanol–water partition coefficient (Wildman–Crippen LogP) is 22.4. The maximum Gasteiger partial charge on any atom is 0.231 e. The molecule has 0 unspecified atom stereocenters. The summed E-state index contributed by atoms with van der Waals surface area (Å²) in [6.07, 6.45) is 0. The molecule has 0 atom stereocenters. The molecule has 16 rings (SSSR count). The molecule has 2 heteroatoms. The lowest BCUT2D eigenvalue weighted by atomic mass is 9.66. The lowest BCUT2D eigenvalue weighted by Gasteiger charge is -2.35. The summed E-state index contributed by atoms with van der Waals surface area (Å²) in [7, 11) is 0. The Labute approximate surface area is 514 Å². The molecule has 2 aliphatic rings. The van der Waals surface area contributed by atoms with E-state index in [2.05, 4.69) is 340 Å². The van der Waals surface area contributed by atoms with Crippen LogP contribution in [0.15, 0.2) is 340 Å². The van der Waals surface area contributed by atoms with E-state index in [0.717, 1.165) is 89.4 Å². The molecule has 2 nitrogen and oxygen atoms in total. The zero-order valence-electron chi connectivity index (χ0n) is 48.4. The third-order valence-electron chi connectivity index (χ3n) is 17.9. The van der Waals surface area contributed by atoms with Crippen molar-refractivity contribution in [3.8, 4) is 134 Å². The smallest absolute Gasteiger partial charge is 0.231 e. The highest BCUT2D eigenvalue weighted by atomic mass is 16.7. The fourth-order valence-corrected chi connectivity index (χ4v) is 13.7. The second-order valence-electron chi connectivity index (χ2n) is 23.1. The first-order valence-corrected chi connectivity index (χ1v) is 30.3. The van der Waals surface area contributed by atoms with Gasteiger partial charge in [-0.05, 0) is 224 Å². The zero-order valence-corrected chi connectivity index (χ0v) is 48.4. The highest BCUT2D eigenvalue weighted by molar-refractivity contribution is 5.98. The van der Waals surface area contributed by atoms with Crippen LogP contribution in [0.4, 0.5) is 0 Å². The van der Waals surface area contributed by atoms with E-state index in [1.54, 1.807) is 0 Å². The molecule has 14 aromatic carbocycles. The van der Waals surface area contributed by atoms with Crippen LogP contribution >= 0.6 is 0 Å². The van der Waals surface area contributed by atoms with Crippen molar-refractivity contribution in [3.05, 3.63) is 362 Å². The van der Waals surface area contributed by atoms with Crippen molar-refractivity contribution in [2.24, 2.45) is 0 Å². The molecule has 414 valence electrons. The summed E-state index contributed by atoms with van der Waals surface area (Å²) in [5.74, 6) is 1.50. The van der Waals surface area contributed by atoms with Crippen LogP contribution in [-0.4, -0.2) is 6.79 Å². The molecule has 0 amide bonds. The van der Waals surface area contributed by atoms with Gasteiger partial charge in [-0.15, -0.1) is 0 Å². The molecular weight excluding hydrogens is 1060 g/mol. The fraction of sp³-hybridized carbons (Fsp3) is 0.0233. The molecule has 0 radical (unpaired) electrons. The molecule has 1 heterocycles. The number of ether oxygens (including phenoxy) is 2. The third kappa shape index (κ3) is 9.49. The van der Waals surface area contributed by atoms with E-state index in [9.17, 15) is 0 Å². The fourth-order valence-electron chi connectivity index (χ4n) is 13.7. The quantitative estimate of drug-likeness (QED) is 0.121. The van der Waals surface area contributed by atoms with E-state index in [1.807, 2.05) is 0 Å². The average Bonchev–Trinajstić information content (AvgIpc) is 1.65. The molecule has 88 heavy (non-hydrogen) atoms. The molecule has 14 aromatic rings. The van der Waals surface area contributed by atoms with Gasteiger partial charge in [-0.1, -0.05) is 261 Å². The van der Waals surface area contributed by atoms with Gasteiger partial charge >= 0.3 is 0 Å². The average molecular weight is 1120 g/mol. The molecule has 1 aliphatic heterocycles. The molecule has 0 saturated carbocycles. The van der Waals surface area contributed by atoms with Crippen molar-refractivity contribution in [2.45, 2.75) is 5.41 Å². The summed E-state index contributed by atoms with van der Waals surface area (Å²) in [4.78, 5) is 0. The summed E-state index contributed by atoms with van der Waals surface area (Å²) in [5.41, 5.74) is 29.4. The minimum atomic E-state index is -0.830. The van der Waals surface area contributed by atoms with Crippen LogP contribution < -0.4 is 9.47 Å². The SMILES string of the molecule is c1ccc(-c2cc(-c3ccccc3)cc(-c3cccc(-c4cccc(C5(c6cccc(-c7cccc(-c8cc(-c9ccccc9)cc(-c9ccccc9)c8)c7)c6)c6cc7c(cc6-c6c(-c8cccc(-c9ccccc9)c8)cccc65)OCO7)c4)c3)c2)cc1. The maximum atomic E-state index is 6.39. The highest BCUT2D eigenvalue weighted by Crippen LogP contribution is 2.61. The van der Waals surface area contributed by atoms with Crippen LogP contribution in [0.25, 0.3) is 122 Å². The maximum absolute atomic E-state index is 6.39. The Hall–Kier alpha value is -11.3. The Balaban J connectivity index is 0.890. The second-order valence-corrected chi connectivity index (χ2v) is 23.1. The highest BCUT2D eigenvalue weighted by Gasteiger charge is 2.48. The van der Waals surface area contributed by atoms with Gasteiger partial charge in [0.2, 0.25) is 6.79 Å². The Morgan fingerprint density at radius 3 is 0.898 bits per heavy atom. The van der Waals surface area contributed by atoms with Crippen LogP contribution in [0, 0.1) is 0 Å². The van der Waals surface area contributed by atoms with Gasteiger partial charge in [0.1, 0.15) is 0 Å². The van der Waals surface area contributed by atoms with E-state index in [1.165, 1.54) is 66.8 Å². The van der Waals surface area contributed by atoms with E-state index >= 15 is 0 Å². The predicted molar refractivity (Wildman–Crippen MR) is 364 cm³/mol. The largest absolute Gasteiger partial charge is 0.454 e. The number of hydrogen-bond donors (Lipinski definition) is 0. The lowest BCUT2D eigenvalue weighted by molar-refractivity contribution is 0.174. The zero-order chi connectivity index (χ0) is 58.4. The van der Waals surface area contributed by atoms with Gasteiger partial charge in [0.05, 0.1) is 5.41 Å².